The van der Waals surface area contributed by atoms with Crippen LogP contribution in [0.3, 0.4) is 0 Å². The Morgan fingerprint density at radius 2 is 1.90 bits per heavy atom. The molecule has 2 aromatic rings. The van der Waals surface area contributed by atoms with Crippen LogP contribution in [0.25, 0.3) is 0 Å². The first kappa shape index (κ1) is 14.9. The number of ether oxygens (including phenoxy) is 1. The van der Waals surface area contributed by atoms with Crippen LogP contribution in [-0.2, 0) is 6.42 Å². The van der Waals surface area contributed by atoms with E-state index < -0.39 is 0 Å². The van der Waals surface area contributed by atoms with Crippen molar-refractivity contribution in [1.82, 2.24) is 0 Å². The summed E-state index contributed by atoms with van der Waals surface area (Å²) in [7, 11) is 0. The number of hydrogen-bond acceptors (Lipinski definition) is 3. The molecule has 0 radical (unpaired) electrons. The Bertz CT molecular complexity index is 638. The summed E-state index contributed by atoms with van der Waals surface area (Å²) >= 11 is 0. The molecular formula is C17H20N2O2. The highest BCUT2D eigenvalue weighted by Crippen LogP contribution is 2.27. The molecule has 2 aromatic carbocycles. The Balaban J connectivity index is 2.30. The molecule has 0 aliphatic rings. The van der Waals surface area contributed by atoms with Crippen LogP contribution in [0.1, 0.15) is 29.8 Å². The molecule has 4 nitrogen and oxygen atoms in total. The first-order valence-electron chi connectivity index (χ1n) is 7.07. The van der Waals surface area contributed by atoms with Crippen molar-refractivity contribution in [2.45, 2.75) is 20.3 Å². The van der Waals surface area contributed by atoms with E-state index in [0.29, 0.717) is 23.6 Å². The highest BCUT2D eigenvalue weighted by molar-refractivity contribution is 6.07. The van der Waals surface area contributed by atoms with Crippen LogP contribution in [-0.4, -0.2) is 12.5 Å². The number of para-hydroxylation sites is 2. The van der Waals surface area contributed by atoms with Gasteiger partial charge in [0.05, 0.1) is 17.9 Å². The lowest BCUT2D eigenvalue weighted by Gasteiger charge is -2.14. The summed E-state index contributed by atoms with van der Waals surface area (Å²) in [6, 6.07) is 12.9. The zero-order valence-electron chi connectivity index (χ0n) is 12.3. The molecule has 4 heteroatoms. The number of anilines is 2. The SMILES string of the molecule is CCOc1c(N)cccc1C(=O)Nc1ccccc1CC. The maximum absolute atomic E-state index is 12.5. The van der Waals surface area contributed by atoms with Crippen LogP contribution in [0.5, 0.6) is 5.75 Å². The van der Waals surface area contributed by atoms with Gasteiger partial charge in [0, 0.05) is 5.69 Å². The van der Waals surface area contributed by atoms with E-state index in [1.54, 1.807) is 18.2 Å². The van der Waals surface area contributed by atoms with Crippen molar-refractivity contribution < 1.29 is 9.53 Å². The second-order valence-electron chi connectivity index (χ2n) is 4.62. The summed E-state index contributed by atoms with van der Waals surface area (Å²) in [5.41, 5.74) is 8.71. The monoisotopic (exact) mass is 284 g/mol. The molecular weight excluding hydrogens is 264 g/mol. The highest BCUT2D eigenvalue weighted by Gasteiger charge is 2.15. The van der Waals surface area contributed by atoms with Gasteiger partial charge in [0.15, 0.2) is 5.75 Å². The molecule has 1 amide bonds. The van der Waals surface area contributed by atoms with Gasteiger partial charge in [-0.05, 0) is 37.1 Å². The van der Waals surface area contributed by atoms with Crippen LogP contribution >= 0.6 is 0 Å². The average molecular weight is 284 g/mol. The number of nitrogens with one attached hydrogen (secondary N) is 1. The number of hydrogen-bond donors (Lipinski definition) is 2. The van der Waals surface area contributed by atoms with Gasteiger partial charge in [-0.3, -0.25) is 4.79 Å². The molecule has 0 unspecified atom stereocenters. The first-order chi connectivity index (χ1) is 10.2. The predicted octanol–water partition coefficient (Wildman–Crippen LogP) is 3.48. The summed E-state index contributed by atoms with van der Waals surface area (Å²) in [6.07, 6.45) is 0.853. The lowest BCUT2D eigenvalue weighted by atomic mass is 10.1. The maximum atomic E-state index is 12.5. The Labute approximate surface area is 124 Å². The second-order valence-corrected chi connectivity index (χ2v) is 4.62. The number of amides is 1. The quantitative estimate of drug-likeness (QED) is 0.826. The highest BCUT2D eigenvalue weighted by atomic mass is 16.5. The van der Waals surface area contributed by atoms with Gasteiger partial charge in [-0.15, -0.1) is 0 Å². The van der Waals surface area contributed by atoms with Crippen molar-refractivity contribution in [2.24, 2.45) is 0 Å². The number of nitrogens with two attached hydrogens (primary N) is 1. The summed E-state index contributed by atoms with van der Waals surface area (Å²) in [4.78, 5) is 12.5. The second kappa shape index (κ2) is 6.79. The third-order valence-electron chi connectivity index (χ3n) is 3.23. The summed E-state index contributed by atoms with van der Waals surface area (Å²) < 4.78 is 5.50. The lowest BCUT2D eigenvalue weighted by molar-refractivity contribution is 0.102. The van der Waals surface area contributed by atoms with Crippen molar-refractivity contribution >= 4 is 17.3 Å². The van der Waals surface area contributed by atoms with Gasteiger partial charge in [0.2, 0.25) is 0 Å². The van der Waals surface area contributed by atoms with E-state index in [1.165, 1.54) is 0 Å². The van der Waals surface area contributed by atoms with Crippen LogP contribution in [0.15, 0.2) is 42.5 Å². The van der Waals surface area contributed by atoms with Crippen LogP contribution < -0.4 is 15.8 Å². The fourth-order valence-corrected chi connectivity index (χ4v) is 2.18. The van der Waals surface area contributed by atoms with E-state index >= 15 is 0 Å². The smallest absolute Gasteiger partial charge is 0.259 e. The fraction of sp³-hybridized carbons (Fsp3) is 0.235. The van der Waals surface area contributed by atoms with Crippen molar-refractivity contribution in [1.29, 1.82) is 0 Å². The number of aryl methyl sites for hydroxylation is 1. The van der Waals surface area contributed by atoms with Crippen molar-refractivity contribution in [3.63, 3.8) is 0 Å². The van der Waals surface area contributed by atoms with Gasteiger partial charge in [-0.1, -0.05) is 31.2 Å². The molecule has 0 bridgehead atoms. The minimum absolute atomic E-state index is 0.216. The molecule has 0 spiro atoms. The van der Waals surface area contributed by atoms with Crippen LogP contribution in [0, 0.1) is 0 Å². The molecule has 0 saturated heterocycles. The van der Waals surface area contributed by atoms with Gasteiger partial charge in [-0.2, -0.15) is 0 Å². The lowest BCUT2D eigenvalue weighted by Crippen LogP contribution is -2.15. The summed E-state index contributed by atoms with van der Waals surface area (Å²) in [5.74, 6) is 0.220. The van der Waals surface area contributed by atoms with Gasteiger partial charge >= 0.3 is 0 Å². The minimum Gasteiger partial charge on any atom is -0.491 e. The number of carbonyl (C=O) groups is 1. The molecule has 0 saturated carbocycles. The van der Waals surface area contributed by atoms with Crippen molar-refractivity contribution in [3.8, 4) is 5.75 Å². The number of carbonyl (C=O) groups excluding carboxylic acids is 1. The van der Waals surface area contributed by atoms with Gasteiger partial charge < -0.3 is 15.8 Å². The zero-order valence-corrected chi connectivity index (χ0v) is 12.3. The molecule has 3 N–H and O–H groups in total. The van der Waals surface area contributed by atoms with Crippen LogP contribution in [0.4, 0.5) is 11.4 Å². The normalized spacial score (nSPS) is 10.2. The van der Waals surface area contributed by atoms with E-state index in [4.69, 9.17) is 10.5 Å². The van der Waals surface area contributed by atoms with Gasteiger partial charge in [-0.25, -0.2) is 0 Å². The van der Waals surface area contributed by atoms with Crippen LogP contribution in [0.2, 0.25) is 0 Å². The van der Waals surface area contributed by atoms with E-state index in [9.17, 15) is 4.79 Å². The minimum atomic E-state index is -0.216. The molecule has 110 valence electrons. The molecule has 21 heavy (non-hydrogen) atoms. The zero-order chi connectivity index (χ0) is 15.2. The van der Waals surface area contributed by atoms with E-state index in [-0.39, 0.29) is 5.91 Å². The summed E-state index contributed by atoms with van der Waals surface area (Å²) in [5, 5.41) is 2.93. The molecule has 0 atom stereocenters. The molecule has 2 rings (SSSR count). The topological polar surface area (TPSA) is 64.3 Å². The number of nitrogen functional groups attached to an aromatic ring is 1. The molecule has 0 aliphatic carbocycles. The predicted molar refractivity (Wildman–Crippen MR) is 85.8 cm³/mol. The number of benzene rings is 2. The first-order valence-corrected chi connectivity index (χ1v) is 7.07. The van der Waals surface area contributed by atoms with E-state index in [0.717, 1.165) is 17.7 Å². The fourth-order valence-electron chi connectivity index (χ4n) is 2.18. The van der Waals surface area contributed by atoms with E-state index in [2.05, 4.69) is 12.2 Å². The number of rotatable bonds is 5. The Hall–Kier alpha value is -2.49. The third-order valence-corrected chi connectivity index (χ3v) is 3.23. The molecule has 0 fully saturated rings. The summed E-state index contributed by atoms with van der Waals surface area (Å²) in [6.45, 7) is 4.37. The maximum Gasteiger partial charge on any atom is 0.259 e. The Morgan fingerprint density at radius 3 is 2.62 bits per heavy atom. The van der Waals surface area contributed by atoms with E-state index in [1.807, 2.05) is 31.2 Å². The molecule has 0 heterocycles. The van der Waals surface area contributed by atoms with Crippen molar-refractivity contribution in [3.05, 3.63) is 53.6 Å². The Kier molecular flexibility index (Phi) is 4.82. The average Bonchev–Trinajstić information content (AvgIpc) is 2.50. The molecule has 0 aliphatic heterocycles. The Morgan fingerprint density at radius 1 is 1.14 bits per heavy atom. The molecule has 0 aromatic heterocycles. The van der Waals surface area contributed by atoms with Gasteiger partial charge in [0.25, 0.3) is 5.91 Å². The van der Waals surface area contributed by atoms with Gasteiger partial charge in [0.1, 0.15) is 0 Å². The third kappa shape index (κ3) is 3.34. The largest absolute Gasteiger partial charge is 0.491 e. The van der Waals surface area contributed by atoms with Crippen molar-refractivity contribution in [2.75, 3.05) is 17.7 Å². The standard InChI is InChI=1S/C17H20N2O2/c1-3-12-8-5-6-11-15(12)19-17(20)13-9-7-10-14(18)16(13)21-4-2/h5-11H,3-4,18H2,1-2H3,(H,19,20).